The van der Waals surface area contributed by atoms with Gasteiger partial charge in [0.05, 0.1) is 4.90 Å². The fraction of sp³-hybridized carbons (Fsp3) is 0.562. The van der Waals surface area contributed by atoms with Gasteiger partial charge in [0, 0.05) is 44.3 Å². The van der Waals surface area contributed by atoms with Crippen LogP contribution in [-0.2, 0) is 10.0 Å². The zero-order chi connectivity index (χ0) is 17.7. The maximum absolute atomic E-state index is 12.2. The van der Waals surface area contributed by atoms with Crippen molar-refractivity contribution in [1.82, 2.24) is 19.8 Å². The smallest absolute Gasteiger partial charge is 0.251 e. The molecular weight excluding hydrogens is 328 g/mol. The zero-order valence-electron chi connectivity index (χ0n) is 14.4. The van der Waals surface area contributed by atoms with E-state index >= 15 is 0 Å². The molecule has 0 spiro atoms. The van der Waals surface area contributed by atoms with Crippen LogP contribution in [0.25, 0.3) is 0 Å². The molecule has 24 heavy (non-hydrogen) atoms. The van der Waals surface area contributed by atoms with Crippen LogP contribution in [0.4, 0.5) is 0 Å². The first-order valence-electron chi connectivity index (χ1n) is 8.08. The summed E-state index contributed by atoms with van der Waals surface area (Å²) in [6, 6.07) is 6.20. The Hall–Kier alpha value is -1.48. The van der Waals surface area contributed by atoms with Crippen LogP contribution in [-0.4, -0.2) is 77.0 Å². The maximum Gasteiger partial charge on any atom is 0.251 e. The average molecular weight is 354 g/mol. The molecule has 1 heterocycles. The summed E-state index contributed by atoms with van der Waals surface area (Å²) in [6.07, 6.45) is 0. The van der Waals surface area contributed by atoms with Crippen LogP contribution in [0, 0.1) is 0 Å². The van der Waals surface area contributed by atoms with Crippen molar-refractivity contribution >= 4 is 15.9 Å². The van der Waals surface area contributed by atoms with Crippen LogP contribution < -0.4 is 10.0 Å². The molecule has 1 aromatic carbocycles. The van der Waals surface area contributed by atoms with Gasteiger partial charge in [-0.05, 0) is 45.3 Å². The topological polar surface area (TPSA) is 81.7 Å². The second-order valence-corrected chi connectivity index (χ2v) is 8.02. The van der Waals surface area contributed by atoms with Gasteiger partial charge in [-0.15, -0.1) is 0 Å². The van der Waals surface area contributed by atoms with Crippen LogP contribution in [0.15, 0.2) is 29.2 Å². The summed E-state index contributed by atoms with van der Waals surface area (Å²) in [6.45, 7) is 6.76. The van der Waals surface area contributed by atoms with Gasteiger partial charge in [-0.25, -0.2) is 13.1 Å². The SMILES string of the molecule is CNS(=O)(=O)c1ccc(C(=O)NCC(C)N2CCN(C)CC2)cc1. The minimum Gasteiger partial charge on any atom is -0.350 e. The molecule has 1 aliphatic rings. The number of likely N-dealkylation sites (N-methyl/N-ethyl adjacent to an activating group) is 1. The van der Waals surface area contributed by atoms with Crippen LogP contribution >= 0.6 is 0 Å². The van der Waals surface area contributed by atoms with Crippen molar-refractivity contribution in [1.29, 1.82) is 0 Å². The molecule has 0 aromatic heterocycles. The van der Waals surface area contributed by atoms with Crippen LogP contribution in [0.5, 0.6) is 0 Å². The van der Waals surface area contributed by atoms with E-state index in [1.165, 1.54) is 31.3 Å². The number of sulfonamides is 1. The molecule has 134 valence electrons. The molecule has 8 heteroatoms. The van der Waals surface area contributed by atoms with Gasteiger partial charge in [0.15, 0.2) is 0 Å². The third-order valence-corrected chi connectivity index (χ3v) is 5.85. The van der Waals surface area contributed by atoms with Crippen molar-refractivity contribution in [3.63, 3.8) is 0 Å². The molecule has 1 aliphatic heterocycles. The fourth-order valence-electron chi connectivity index (χ4n) is 2.64. The lowest BCUT2D eigenvalue weighted by atomic mass is 10.2. The third kappa shape index (κ3) is 4.76. The number of nitrogens with zero attached hydrogens (tertiary/aromatic N) is 2. The number of amides is 1. The Kier molecular flexibility index (Phi) is 6.34. The summed E-state index contributed by atoms with van der Waals surface area (Å²) >= 11 is 0. The molecule has 2 N–H and O–H groups in total. The highest BCUT2D eigenvalue weighted by Crippen LogP contribution is 2.10. The number of hydrogen-bond acceptors (Lipinski definition) is 5. The van der Waals surface area contributed by atoms with E-state index in [9.17, 15) is 13.2 Å². The second kappa shape index (κ2) is 8.06. The van der Waals surface area contributed by atoms with E-state index in [0.717, 1.165) is 26.2 Å². The standard InChI is InChI=1S/C16H26N4O3S/c1-13(20-10-8-19(3)9-11-20)12-18-16(21)14-4-6-15(7-5-14)24(22,23)17-2/h4-7,13,17H,8-12H2,1-3H3,(H,18,21). The molecule has 0 bridgehead atoms. The van der Waals surface area contributed by atoms with Crippen molar-refractivity contribution in [2.45, 2.75) is 17.9 Å². The van der Waals surface area contributed by atoms with Gasteiger partial charge >= 0.3 is 0 Å². The minimum absolute atomic E-state index is 0.146. The van der Waals surface area contributed by atoms with E-state index in [1.807, 2.05) is 0 Å². The summed E-state index contributed by atoms with van der Waals surface area (Å²) in [7, 11) is -0.00812. The first kappa shape index (κ1) is 18.9. The number of carbonyl (C=O) groups excluding carboxylic acids is 1. The molecule has 0 radical (unpaired) electrons. The van der Waals surface area contributed by atoms with E-state index in [0.29, 0.717) is 12.1 Å². The highest BCUT2D eigenvalue weighted by atomic mass is 32.2. The lowest BCUT2D eigenvalue weighted by molar-refractivity contribution is 0.0903. The van der Waals surface area contributed by atoms with Gasteiger partial charge in [0.1, 0.15) is 0 Å². The zero-order valence-corrected chi connectivity index (χ0v) is 15.3. The number of carbonyl (C=O) groups is 1. The summed E-state index contributed by atoms with van der Waals surface area (Å²) in [5.41, 5.74) is 0.454. The Morgan fingerprint density at radius 1 is 1.17 bits per heavy atom. The summed E-state index contributed by atoms with van der Waals surface area (Å²) < 4.78 is 25.6. The minimum atomic E-state index is -3.48. The Labute approximate surface area is 144 Å². The number of benzene rings is 1. The lowest BCUT2D eigenvalue weighted by Gasteiger charge is -2.36. The van der Waals surface area contributed by atoms with Gasteiger partial charge in [-0.1, -0.05) is 0 Å². The average Bonchev–Trinajstić information content (AvgIpc) is 2.60. The fourth-order valence-corrected chi connectivity index (χ4v) is 3.37. The lowest BCUT2D eigenvalue weighted by Crippen LogP contribution is -2.51. The Bertz CT molecular complexity index is 652. The first-order chi connectivity index (χ1) is 11.3. The maximum atomic E-state index is 12.2. The second-order valence-electron chi connectivity index (χ2n) is 6.13. The first-order valence-corrected chi connectivity index (χ1v) is 9.56. The van der Waals surface area contributed by atoms with Gasteiger partial charge in [-0.3, -0.25) is 9.69 Å². The van der Waals surface area contributed by atoms with Gasteiger partial charge in [0.2, 0.25) is 10.0 Å². The van der Waals surface area contributed by atoms with Crippen molar-refractivity contribution in [3.05, 3.63) is 29.8 Å². The summed E-state index contributed by atoms with van der Waals surface area (Å²) in [4.78, 5) is 17.0. The molecule has 1 saturated heterocycles. The predicted octanol–water partition coefficient (Wildman–Crippen LogP) is -0.0396. The number of nitrogens with one attached hydrogen (secondary N) is 2. The van der Waals surface area contributed by atoms with Crippen LogP contribution in [0.2, 0.25) is 0 Å². The number of piperazine rings is 1. The number of rotatable bonds is 6. The van der Waals surface area contributed by atoms with Crippen molar-refractivity contribution in [3.8, 4) is 0 Å². The summed E-state index contributed by atoms with van der Waals surface area (Å²) in [5.74, 6) is -0.190. The molecule has 1 fully saturated rings. The van der Waals surface area contributed by atoms with Crippen molar-refractivity contribution < 1.29 is 13.2 Å². The molecule has 1 unspecified atom stereocenters. The third-order valence-electron chi connectivity index (χ3n) is 4.41. The van der Waals surface area contributed by atoms with E-state index in [1.54, 1.807) is 0 Å². The molecule has 0 saturated carbocycles. The van der Waals surface area contributed by atoms with Crippen LogP contribution in [0.3, 0.4) is 0 Å². The molecule has 2 rings (SSSR count). The van der Waals surface area contributed by atoms with E-state index in [4.69, 9.17) is 0 Å². The highest BCUT2D eigenvalue weighted by Gasteiger charge is 2.19. The summed E-state index contributed by atoms with van der Waals surface area (Å²) in [5, 5.41) is 2.92. The Morgan fingerprint density at radius 2 is 1.75 bits per heavy atom. The van der Waals surface area contributed by atoms with E-state index in [-0.39, 0.29) is 16.8 Å². The van der Waals surface area contributed by atoms with Gasteiger partial charge < -0.3 is 10.2 Å². The van der Waals surface area contributed by atoms with E-state index < -0.39 is 10.0 Å². The predicted molar refractivity (Wildman–Crippen MR) is 93.6 cm³/mol. The number of hydrogen-bond donors (Lipinski definition) is 2. The highest BCUT2D eigenvalue weighted by molar-refractivity contribution is 7.89. The Balaban J connectivity index is 1.88. The normalized spacial score (nSPS) is 18.3. The van der Waals surface area contributed by atoms with Crippen molar-refractivity contribution in [2.75, 3.05) is 46.8 Å². The molecule has 7 nitrogen and oxygen atoms in total. The largest absolute Gasteiger partial charge is 0.350 e. The van der Waals surface area contributed by atoms with E-state index in [2.05, 4.69) is 33.8 Å². The van der Waals surface area contributed by atoms with Crippen LogP contribution in [0.1, 0.15) is 17.3 Å². The van der Waals surface area contributed by atoms with Gasteiger partial charge in [-0.2, -0.15) is 0 Å². The molecule has 0 aliphatic carbocycles. The van der Waals surface area contributed by atoms with Crippen molar-refractivity contribution in [2.24, 2.45) is 0 Å². The Morgan fingerprint density at radius 3 is 2.29 bits per heavy atom. The molecular formula is C16H26N4O3S. The molecule has 1 aromatic rings. The quantitative estimate of drug-likeness (QED) is 0.749. The monoisotopic (exact) mass is 354 g/mol. The molecule has 1 amide bonds. The van der Waals surface area contributed by atoms with Gasteiger partial charge in [0.25, 0.3) is 5.91 Å². The molecule has 1 atom stereocenters.